The van der Waals surface area contributed by atoms with E-state index in [1.807, 2.05) is 0 Å². The van der Waals surface area contributed by atoms with Crippen molar-refractivity contribution in [3.63, 3.8) is 0 Å². The molecular weight excluding hydrogens is 310 g/mol. The second-order valence-electron chi connectivity index (χ2n) is 6.94. The Balaban J connectivity index is 1.61. The van der Waals surface area contributed by atoms with Crippen molar-refractivity contribution in [2.45, 2.75) is 44.7 Å². The normalized spacial score (nSPS) is 30.0. The molecule has 0 aromatic carbocycles. The SMILES string of the molecule is CC1CCC(NC(=O)C[N+]2=CN=C3C2C(=O)N(C)C(=O)N3C)CC1. The van der Waals surface area contributed by atoms with Crippen molar-refractivity contribution in [1.29, 1.82) is 0 Å². The van der Waals surface area contributed by atoms with Crippen LogP contribution in [0.25, 0.3) is 0 Å². The number of nitrogens with one attached hydrogen (secondary N) is 1. The lowest BCUT2D eigenvalue weighted by Gasteiger charge is -2.31. The fourth-order valence-corrected chi connectivity index (χ4v) is 3.52. The maximum absolute atomic E-state index is 12.4. The largest absolute Gasteiger partial charge is 0.350 e. The maximum atomic E-state index is 12.4. The average Bonchev–Trinajstić information content (AvgIpc) is 2.96. The van der Waals surface area contributed by atoms with Gasteiger partial charge in [0.1, 0.15) is 0 Å². The zero-order valence-electron chi connectivity index (χ0n) is 14.4. The van der Waals surface area contributed by atoms with Crippen LogP contribution in [0.1, 0.15) is 32.6 Å². The second kappa shape index (κ2) is 6.33. The Bertz CT molecular complexity index is 634. The highest BCUT2D eigenvalue weighted by Gasteiger charge is 2.50. The van der Waals surface area contributed by atoms with E-state index in [1.54, 1.807) is 11.6 Å². The molecule has 0 radical (unpaired) electrons. The monoisotopic (exact) mass is 334 g/mol. The van der Waals surface area contributed by atoms with Gasteiger partial charge in [0.15, 0.2) is 6.54 Å². The summed E-state index contributed by atoms with van der Waals surface area (Å²) in [6, 6.07) is -0.897. The fourth-order valence-electron chi connectivity index (χ4n) is 3.52. The van der Waals surface area contributed by atoms with Crippen molar-refractivity contribution < 1.29 is 19.0 Å². The van der Waals surface area contributed by atoms with E-state index < -0.39 is 12.1 Å². The minimum absolute atomic E-state index is 0.0608. The van der Waals surface area contributed by atoms with Crippen LogP contribution >= 0.6 is 0 Å². The first kappa shape index (κ1) is 16.6. The summed E-state index contributed by atoms with van der Waals surface area (Å²) in [6.07, 6.45) is 5.74. The number of imide groups is 1. The van der Waals surface area contributed by atoms with E-state index in [4.69, 9.17) is 0 Å². The predicted octanol–water partition coefficient (Wildman–Crippen LogP) is 0.0266. The molecule has 2 heterocycles. The molecule has 3 rings (SSSR count). The number of aliphatic imine (C=N–C) groups is 1. The van der Waals surface area contributed by atoms with Gasteiger partial charge in [-0.3, -0.25) is 19.4 Å². The van der Waals surface area contributed by atoms with E-state index in [0.717, 1.165) is 36.5 Å². The first-order valence-electron chi connectivity index (χ1n) is 8.40. The van der Waals surface area contributed by atoms with E-state index in [1.165, 1.54) is 18.3 Å². The Morgan fingerprint density at radius 2 is 1.92 bits per heavy atom. The summed E-state index contributed by atoms with van der Waals surface area (Å²) in [5.74, 6) is 0.633. The zero-order valence-corrected chi connectivity index (χ0v) is 14.4. The van der Waals surface area contributed by atoms with Crippen molar-refractivity contribution in [3.05, 3.63) is 0 Å². The van der Waals surface area contributed by atoms with Crippen molar-refractivity contribution >= 4 is 30.0 Å². The summed E-state index contributed by atoms with van der Waals surface area (Å²) < 4.78 is 1.60. The first-order chi connectivity index (χ1) is 11.4. The van der Waals surface area contributed by atoms with Crippen LogP contribution in [-0.2, 0) is 9.59 Å². The first-order valence-corrected chi connectivity index (χ1v) is 8.40. The Morgan fingerprint density at radius 3 is 2.58 bits per heavy atom. The number of rotatable bonds is 3. The van der Waals surface area contributed by atoms with Gasteiger partial charge in [-0.1, -0.05) is 6.92 Å². The molecule has 2 fully saturated rings. The summed E-state index contributed by atoms with van der Waals surface area (Å²) in [7, 11) is 3.02. The maximum Gasteiger partial charge on any atom is 0.333 e. The number of urea groups is 1. The molecule has 24 heavy (non-hydrogen) atoms. The van der Waals surface area contributed by atoms with Gasteiger partial charge in [-0.05, 0) is 36.6 Å². The standard InChI is InChI=1S/C16H23N5O3/c1-10-4-6-11(7-5-10)18-12(22)8-21-9-17-14-13(21)15(23)20(3)16(24)19(14)2/h9-11,13H,4-8H2,1-3H3/p+1. The van der Waals surface area contributed by atoms with E-state index in [0.29, 0.717) is 5.84 Å². The van der Waals surface area contributed by atoms with Crippen molar-refractivity contribution in [2.24, 2.45) is 10.9 Å². The number of amidine groups is 1. The number of hydrogen-bond acceptors (Lipinski definition) is 4. The van der Waals surface area contributed by atoms with Crippen LogP contribution in [0.2, 0.25) is 0 Å². The molecule has 4 amide bonds. The molecule has 0 spiro atoms. The van der Waals surface area contributed by atoms with Crippen LogP contribution in [0.4, 0.5) is 4.79 Å². The Morgan fingerprint density at radius 1 is 1.25 bits per heavy atom. The van der Waals surface area contributed by atoms with Gasteiger partial charge < -0.3 is 5.32 Å². The number of hydrogen-bond donors (Lipinski definition) is 1. The zero-order chi connectivity index (χ0) is 17.4. The van der Waals surface area contributed by atoms with Gasteiger partial charge in [0, 0.05) is 20.1 Å². The summed E-state index contributed by atoms with van der Waals surface area (Å²) in [5.41, 5.74) is 0. The van der Waals surface area contributed by atoms with Gasteiger partial charge >= 0.3 is 6.03 Å². The summed E-state index contributed by atoms with van der Waals surface area (Å²) in [6.45, 7) is 2.30. The molecule has 0 aromatic rings. The van der Waals surface area contributed by atoms with Crippen molar-refractivity contribution in [2.75, 3.05) is 20.6 Å². The van der Waals surface area contributed by atoms with Gasteiger partial charge in [0.2, 0.25) is 0 Å². The number of amides is 4. The molecule has 3 aliphatic rings. The lowest BCUT2D eigenvalue weighted by atomic mass is 9.87. The molecular formula is C16H24N5O3+. The molecule has 1 atom stereocenters. The van der Waals surface area contributed by atoms with Crippen LogP contribution in [0, 0.1) is 5.92 Å². The van der Waals surface area contributed by atoms with Crippen LogP contribution in [0.5, 0.6) is 0 Å². The molecule has 8 heteroatoms. The second-order valence-corrected chi connectivity index (χ2v) is 6.94. The highest BCUT2D eigenvalue weighted by Crippen LogP contribution is 2.23. The van der Waals surface area contributed by atoms with Crippen LogP contribution in [-0.4, -0.2) is 77.1 Å². The van der Waals surface area contributed by atoms with Gasteiger partial charge in [0.25, 0.3) is 30.0 Å². The number of carbonyl (C=O) groups excluding carboxylic acids is 3. The van der Waals surface area contributed by atoms with E-state index in [-0.39, 0.29) is 24.4 Å². The summed E-state index contributed by atoms with van der Waals surface area (Å²) in [5, 5.41) is 3.05. The molecule has 2 aliphatic heterocycles. The molecule has 8 nitrogen and oxygen atoms in total. The van der Waals surface area contributed by atoms with Gasteiger partial charge in [-0.2, -0.15) is 0 Å². The highest BCUT2D eigenvalue weighted by atomic mass is 16.2. The van der Waals surface area contributed by atoms with E-state index in [2.05, 4.69) is 17.2 Å². The molecule has 1 aliphatic carbocycles. The molecule has 1 saturated heterocycles. The number of nitrogens with zero attached hydrogens (tertiary/aromatic N) is 4. The quantitative estimate of drug-likeness (QED) is 0.739. The Kier molecular flexibility index (Phi) is 4.38. The lowest BCUT2D eigenvalue weighted by molar-refractivity contribution is -0.520. The summed E-state index contributed by atoms with van der Waals surface area (Å²) >= 11 is 0. The van der Waals surface area contributed by atoms with Gasteiger partial charge in [-0.25, -0.2) is 9.37 Å². The minimum Gasteiger partial charge on any atom is -0.350 e. The third kappa shape index (κ3) is 2.92. The third-order valence-corrected chi connectivity index (χ3v) is 5.10. The number of fused-ring (bicyclic) bond motifs is 1. The topological polar surface area (TPSA) is 85.1 Å². The molecule has 1 saturated carbocycles. The third-order valence-electron chi connectivity index (χ3n) is 5.10. The summed E-state index contributed by atoms with van der Waals surface area (Å²) in [4.78, 5) is 43.2. The number of carbonyl (C=O) groups is 3. The molecule has 1 unspecified atom stereocenters. The molecule has 1 N–H and O–H groups in total. The average molecular weight is 334 g/mol. The molecule has 0 aromatic heterocycles. The van der Waals surface area contributed by atoms with Crippen LogP contribution in [0.3, 0.4) is 0 Å². The fraction of sp³-hybridized carbons (Fsp3) is 0.688. The van der Waals surface area contributed by atoms with Gasteiger partial charge in [0.05, 0.1) is 0 Å². The Hall–Kier alpha value is -2.25. The smallest absolute Gasteiger partial charge is 0.333 e. The van der Waals surface area contributed by atoms with E-state index >= 15 is 0 Å². The van der Waals surface area contributed by atoms with Crippen molar-refractivity contribution in [3.8, 4) is 0 Å². The van der Waals surface area contributed by atoms with Gasteiger partial charge in [-0.15, -0.1) is 0 Å². The van der Waals surface area contributed by atoms with Crippen LogP contribution in [0.15, 0.2) is 4.99 Å². The van der Waals surface area contributed by atoms with Crippen molar-refractivity contribution in [1.82, 2.24) is 15.1 Å². The molecule has 0 bridgehead atoms. The molecule has 130 valence electrons. The Labute approximate surface area is 141 Å². The van der Waals surface area contributed by atoms with E-state index in [9.17, 15) is 14.4 Å². The minimum atomic E-state index is -0.699. The predicted molar refractivity (Wildman–Crippen MR) is 87.9 cm³/mol. The lowest BCUT2D eigenvalue weighted by Crippen LogP contribution is -2.62. The highest BCUT2D eigenvalue weighted by molar-refractivity contribution is 6.21. The number of likely N-dealkylation sites (N-methyl/N-ethyl adjacent to an activating group) is 2. The van der Waals surface area contributed by atoms with Crippen LogP contribution < -0.4 is 5.32 Å².